The van der Waals surface area contributed by atoms with E-state index in [1.165, 1.54) is 0 Å². The molecule has 0 radical (unpaired) electrons. The van der Waals surface area contributed by atoms with Gasteiger partial charge in [0, 0.05) is 24.3 Å². The zero-order valence-corrected chi connectivity index (χ0v) is 14.3. The first-order chi connectivity index (χ1) is 11.7. The second-order valence-electron chi connectivity index (χ2n) is 5.19. The van der Waals surface area contributed by atoms with Crippen LogP contribution in [0.3, 0.4) is 0 Å². The second kappa shape index (κ2) is 8.93. The number of carbonyl (C=O) groups is 1. The fourth-order valence-corrected chi connectivity index (χ4v) is 2.27. The van der Waals surface area contributed by atoms with Crippen molar-refractivity contribution in [3.05, 3.63) is 59.2 Å². The lowest BCUT2D eigenvalue weighted by Crippen LogP contribution is -2.23. The third kappa shape index (κ3) is 4.73. The molecular weight excluding hydrogens is 306 g/mol. The van der Waals surface area contributed by atoms with E-state index in [4.69, 9.17) is 14.2 Å². The molecule has 24 heavy (non-hydrogen) atoms. The van der Waals surface area contributed by atoms with Crippen molar-refractivity contribution in [3.63, 3.8) is 0 Å². The summed E-state index contributed by atoms with van der Waals surface area (Å²) in [5, 5.41) is 2.91. The highest BCUT2D eigenvalue weighted by molar-refractivity contribution is 5.94. The maximum atomic E-state index is 12.3. The lowest BCUT2D eigenvalue weighted by atomic mass is 10.1. The van der Waals surface area contributed by atoms with Crippen LogP contribution in [0.4, 0.5) is 0 Å². The quantitative estimate of drug-likeness (QED) is 0.808. The number of rotatable bonds is 8. The second-order valence-corrected chi connectivity index (χ2v) is 5.19. The molecule has 0 aliphatic heterocycles. The van der Waals surface area contributed by atoms with Crippen LogP contribution in [0.5, 0.6) is 11.5 Å². The fraction of sp³-hybridized carbons (Fsp3) is 0.316. The molecule has 5 nitrogen and oxygen atoms in total. The summed E-state index contributed by atoms with van der Waals surface area (Å²) in [7, 11) is 3.23. The topological polar surface area (TPSA) is 56.8 Å². The van der Waals surface area contributed by atoms with Crippen molar-refractivity contribution in [2.75, 3.05) is 20.8 Å². The summed E-state index contributed by atoms with van der Waals surface area (Å²) in [4.78, 5) is 12.3. The van der Waals surface area contributed by atoms with Crippen molar-refractivity contribution in [1.29, 1.82) is 0 Å². The highest BCUT2D eigenvalue weighted by Gasteiger charge is 2.10. The Hall–Kier alpha value is -2.53. The van der Waals surface area contributed by atoms with Crippen LogP contribution in [-0.2, 0) is 17.9 Å². The maximum absolute atomic E-state index is 12.3. The Kier molecular flexibility index (Phi) is 6.63. The van der Waals surface area contributed by atoms with E-state index < -0.39 is 0 Å². The summed E-state index contributed by atoms with van der Waals surface area (Å²) < 4.78 is 15.8. The van der Waals surface area contributed by atoms with Crippen molar-refractivity contribution in [1.82, 2.24) is 5.32 Å². The first-order valence-corrected chi connectivity index (χ1v) is 7.83. The summed E-state index contributed by atoms with van der Waals surface area (Å²) in [5.41, 5.74) is 2.45. The van der Waals surface area contributed by atoms with Gasteiger partial charge in [-0.2, -0.15) is 0 Å². The number of nitrogens with one attached hydrogen (secondary N) is 1. The molecule has 0 aliphatic carbocycles. The van der Waals surface area contributed by atoms with Gasteiger partial charge in [0.1, 0.15) is 11.5 Å². The van der Waals surface area contributed by atoms with Crippen molar-refractivity contribution in [2.24, 2.45) is 0 Å². The highest BCUT2D eigenvalue weighted by Crippen LogP contribution is 2.21. The molecule has 0 saturated heterocycles. The zero-order chi connectivity index (χ0) is 17.4. The number of hydrogen-bond acceptors (Lipinski definition) is 4. The summed E-state index contributed by atoms with van der Waals surface area (Å²) in [6, 6.07) is 12.9. The molecule has 128 valence electrons. The third-order valence-corrected chi connectivity index (χ3v) is 3.62. The minimum atomic E-state index is -0.133. The summed E-state index contributed by atoms with van der Waals surface area (Å²) in [5.74, 6) is 1.38. The molecular formula is C19H23NO4. The number of benzene rings is 2. The Bertz CT molecular complexity index is 668. The molecule has 0 aliphatic rings. The summed E-state index contributed by atoms with van der Waals surface area (Å²) in [6.45, 7) is 3.41. The van der Waals surface area contributed by atoms with Crippen LogP contribution in [0.2, 0.25) is 0 Å². The summed E-state index contributed by atoms with van der Waals surface area (Å²) in [6.07, 6.45) is 0. The van der Waals surface area contributed by atoms with E-state index in [1.807, 2.05) is 31.2 Å². The van der Waals surface area contributed by atoms with Crippen LogP contribution < -0.4 is 14.8 Å². The van der Waals surface area contributed by atoms with Gasteiger partial charge < -0.3 is 19.5 Å². The van der Waals surface area contributed by atoms with Gasteiger partial charge in [-0.1, -0.05) is 12.1 Å². The monoisotopic (exact) mass is 329 g/mol. The number of hydrogen-bond donors (Lipinski definition) is 1. The van der Waals surface area contributed by atoms with Crippen LogP contribution in [-0.4, -0.2) is 26.7 Å². The standard InChI is InChI=1S/C19H23NO4/c1-4-24-13-16-11-15(7-10-18(16)23-3)19(21)20-12-14-5-8-17(22-2)9-6-14/h5-11H,4,12-13H2,1-3H3,(H,20,21). The van der Waals surface area contributed by atoms with Crippen molar-refractivity contribution in [2.45, 2.75) is 20.1 Å². The van der Waals surface area contributed by atoms with Crippen molar-refractivity contribution in [3.8, 4) is 11.5 Å². The number of carbonyl (C=O) groups excluding carboxylic acids is 1. The molecule has 0 bridgehead atoms. The van der Waals surface area contributed by atoms with Gasteiger partial charge in [-0.05, 0) is 42.8 Å². The van der Waals surface area contributed by atoms with E-state index in [-0.39, 0.29) is 5.91 Å². The maximum Gasteiger partial charge on any atom is 0.251 e. The molecule has 0 saturated carbocycles. The molecule has 0 atom stereocenters. The van der Waals surface area contributed by atoms with Gasteiger partial charge in [0.25, 0.3) is 5.91 Å². The molecule has 0 aromatic heterocycles. The number of amides is 1. The predicted octanol–water partition coefficient (Wildman–Crippen LogP) is 3.17. The Labute approximate surface area is 142 Å². The van der Waals surface area contributed by atoms with Crippen LogP contribution >= 0.6 is 0 Å². The first-order valence-electron chi connectivity index (χ1n) is 7.83. The molecule has 0 heterocycles. The average molecular weight is 329 g/mol. The van der Waals surface area contributed by atoms with Gasteiger partial charge >= 0.3 is 0 Å². The average Bonchev–Trinajstić information content (AvgIpc) is 2.64. The van der Waals surface area contributed by atoms with Gasteiger partial charge in [0.2, 0.25) is 0 Å². The number of methoxy groups -OCH3 is 2. The highest BCUT2D eigenvalue weighted by atomic mass is 16.5. The van der Waals surface area contributed by atoms with E-state index in [1.54, 1.807) is 32.4 Å². The largest absolute Gasteiger partial charge is 0.497 e. The van der Waals surface area contributed by atoms with E-state index in [0.717, 1.165) is 22.6 Å². The SMILES string of the molecule is CCOCc1cc(C(=O)NCc2ccc(OC)cc2)ccc1OC. The predicted molar refractivity (Wildman–Crippen MR) is 92.5 cm³/mol. The van der Waals surface area contributed by atoms with Crippen LogP contribution in [0, 0.1) is 0 Å². The van der Waals surface area contributed by atoms with Crippen LogP contribution in [0.25, 0.3) is 0 Å². The van der Waals surface area contributed by atoms with Gasteiger partial charge in [-0.15, -0.1) is 0 Å². The van der Waals surface area contributed by atoms with E-state index in [9.17, 15) is 4.79 Å². The molecule has 5 heteroatoms. The Morgan fingerprint density at radius 3 is 2.42 bits per heavy atom. The minimum absolute atomic E-state index is 0.133. The van der Waals surface area contributed by atoms with Crippen molar-refractivity contribution >= 4 is 5.91 Å². The molecule has 0 fully saturated rings. The normalized spacial score (nSPS) is 10.3. The van der Waals surface area contributed by atoms with Gasteiger partial charge in [0.05, 0.1) is 20.8 Å². The van der Waals surface area contributed by atoms with Crippen molar-refractivity contribution < 1.29 is 19.0 Å². The Balaban J connectivity index is 2.02. The lowest BCUT2D eigenvalue weighted by molar-refractivity contribution is 0.0950. The first kappa shape index (κ1) is 17.8. The molecule has 2 aromatic rings. The van der Waals surface area contributed by atoms with Crippen LogP contribution in [0.15, 0.2) is 42.5 Å². The summed E-state index contributed by atoms with van der Waals surface area (Å²) >= 11 is 0. The molecule has 2 rings (SSSR count). The Morgan fingerprint density at radius 2 is 1.79 bits per heavy atom. The van der Waals surface area contributed by atoms with E-state index in [2.05, 4.69) is 5.32 Å². The Morgan fingerprint density at radius 1 is 1.04 bits per heavy atom. The minimum Gasteiger partial charge on any atom is -0.497 e. The van der Waals surface area contributed by atoms with Crippen LogP contribution in [0.1, 0.15) is 28.4 Å². The van der Waals surface area contributed by atoms with E-state index in [0.29, 0.717) is 25.3 Å². The van der Waals surface area contributed by atoms with Gasteiger partial charge in [0.15, 0.2) is 0 Å². The molecule has 2 aromatic carbocycles. The zero-order valence-electron chi connectivity index (χ0n) is 14.3. The number of ether oxygens (including phenoxy) is 3. The van der Waals surface area contributed by atoms with E-state index >= 15 is 0 Å². The smallest absolute Gasteiger partial charge is 0.251 e. The molecule has 0 spiro atoms. The lowest BCUT2D eigenvalue weighted by Gasteiger charge is -2.11. The molecule has 1 N–H and O–H groups in total. The van der Waals surface area contributed by atoms with Gasteiger partial charge in [-0.3, -0.25) is 4.79 Å². The third-order valence-electron chi connectivity index (χ3n) is 3.62. The molecule has 1 amide bonds. The fourth-order valence-electron chi connectivity index (χ4n) is 2.27. The van der Waals surface area contributed by atoms with Gasteiger partial charge in [-0.25, -0.2) is 0 Å². The molecule has 0 unspecified atom stereocenters.